The molecule has 1 aromatic carbocycles. The number of ether oxygens (including phenoxy) is 2. The van der Waals surface area contributed by atoms with Crippen LogP contribution < -0.4 is 9.47 Å². The summed E-state index contributed by atoms with van der Waals surface area (Å²) < 4.78 is 11.5. The third-order valence-corrected chi connectivity index (χ3v) is 2.90. The van der Waals surface area contributed by atoms with Gasteiger partial charge in [-0.2, -0.15) is 0 Å². The first-order valence-electron chi connectivity index (χ1n) is 6.14. The Morgan fingerprint density at radius 3 is 3.00 bits per heavy atom. The summed E-state index contributed by atoms with van der Waals surface area (Å²) in [5, 5.41) is 0. The van der Waals surface area contributed by atoms with Crippen molar-refractivity contribution in [3.05, 3.63) is 29.6 Å². The Balaban J connectivity index is 1.99. The van der Waals surface area contributed by atoms with Crippen molar-refractivity contribution in [3.63, 3.8) is 0 Å². The monoisotopic (exact) mass is 231 g/mol. The van der Waals surface area contributed by atoms with Crippen LogP contribution in [0.1, 0.15) is 32.6 Å². The van der Waals surface area contributed by atoms with Crippen molar-refractivity contribution in [1.82, 2.24) is 0 Å². The molecule has 3 heteroatoms. The first-order chi connectivity index (χ1) is 8.33. The van der Waals surface area contributed by atoms with Crippen molar-refractivity contribution in [2.75, 3.05) is 6.61 Å². The molecular weight excluding hydrogens is 214 g/mol. The maximum atomic E-state index is 6.98. The number of rotatable bonds is 4. The van der Waals surface area contributed by atoms with E-state index in [-0.39, 0.29) is 6.10 Å². The summed E-state index contributed by atoms with van der Waals surface area (Å²) in [6.45, 7) is 9.78. The number of nitrogens with zero attached hydrogens (tertiary/aromatic N) is 1. The second kappa shape index (κ2) is 5.58. The largest absolute Gasteiger partial charge is 0.486 e. The minimum Gasteiger partial charge on any atom is -0.486 e. The summed E-state index contributed by atoms with van der Waals surface area (Å²) in [5.41, 5.74) is 0.599. The van der Waals surface area contributed by atoms with Gasteiger partial charge in [-0.15, -0.1) is 0 Å². The predicted molar refractivity (Wildman–Crippen MR) is 66.8 cm³/mol. The third kappa shape index (κ3) is 2.91. The van der Waals surface area contributed by atoms with Crippen molar-refractivity contribution < 1.29 is 9.47 Å². The Kier molecular flexibility index (Phi) is 3.87. The van der Waals surface area contributed by atoms with Gasteiger partial charge in [0.05, 0.1) is 6.57 Å². The van der Waals surface area contributed by atoms with E-state index < -0.39 is 0 Å². The second-order valence-electron chi connectivity index (χ2n) is 4.29. The summed E-state index contributed by atoms with van der Waals surface area (Å²) in [4.78, 5) is 3.39. The Hall–Kier alpha value is -1.69. The molecule has 1 unspecified atom stereocenters. The molecule has 0 spiro atoms. The van der Waals surface area contributed by atoms with E-state index in [9.17, 15) is 0 Å². The minimum absolute atomic E-state index is 0.134. The molecule has 0 fully saturated rings. The van der Waals surface area contributed by atoms with Crippen molar-refractivity contribution >= 4 is 5.69 Å². The quantitative estimate of drug-likeness (QED) is 0.578. The lowest BCUT2D eigenvalue weighted by Gasteiger charge is -2.26. The lowest BCUT2D eigenvalue weighted by Crippen LogP contribution is -2.28. The van der Waals surface area contributed by atoms with E-state index in [0.717, 1.165) is 12.2 Å². The summed E-state index contributed by atoms with van der Waals surface area (Å²) in [5.74, 6) is 1.47. The van der Waals surface area contributed by atoms with Crippen LogP contribution in [0.3, 0.4) is 0 Å². The molecule has 2 rings (SSSR count). The zero-order chi connectivity index (χ0) is 12.1. The van der Waals surface area contributed by atoms with Crippen molar-refractivity contribution in [1.29, 1.82) is 0 Å². The number of unbranched alkanes of at least 4 members (excludes halogenated alkanes) is 2. The molecule has 0 aliphatic carbocycles. The van der Waals surface area contributed by atoms with Crippen LogP contribution in [0.15, 0.2) is 18.2 Å². The summed E-state index contributed by atoms with van der Waals surface area (Å²) in [7, 11) is 0. The van der Waals surface area contributed by atoms with Gasteiger partial charge in [-0.3, -0.25) is 0 Å². The molecule has 0 radical (unpaired) electrons. The molecule has 1 atom stereocenters. The summed E-state index contributed by atoms with van der Waals surface area (Å²) in [6.07, 6.45) is 4.77. The maximum Gasteiger partial charge on any atom is 0.191 e. The van der Waals surface area contributed by atoms with Gasteiger partial charge in [0.1, 0.15) is 12.7 Å². The Morgan fingerprint density at radius 2 is 2.24 bits per heavy atom. The molecule has 0 saturated heterocycles. The van der Waals surface area contributed by atoms with E-state index in [1.165, 1.54) is 19.3 Å². The maximum absolute atomic E-state index is 6.98. The Labute approximate surface area is 102 Å². The molecule has 0 N–H and O–H groups in total. The topological polar surface area (TPSA) is 22.8 Å². The molecule has 1 aromatic rings. The molecule has 3 nitrogen and oxygen atoms in total. The van der Waals surface area contributed by atoms with Crippen LogP contribution in [0, 0.1) is 6.57 Å². The van der Waals surface area contributed by atoms with Gasteiger partial charge in [-0.1, -0.05) is 25.8 Å². The standard InChI is InChI=1S/C14H17NO2/c1-3-4-5-6-12-10-16-13-8-7-11(15-2)9-14(13)17-12/h7-9,12H,3-6,10H2,1H3. The van der Waals surface area contributed by atoms with Gasteiger partial charge in [0.15, 0.2) is 17.2 Å². The summed E-state index contributed by atoms with van der Waals surface area (Å²) in [6, 6.07) is 5.33. The van der Waals surface area contributed by atoms with Gasteiger partial charge in [-0.05, 0) is 25.0 Å². The summed E-state index contributed by atoms with van der Waals surface area (Å²) >= 11 is 0. The van der Waals surface area contributed by atoms with E-state index in [4.69, 9.17) is 16.0 Å². The zero-order valence-corrected chi connectivity index (χ0v) is 10.1. The average Bonchev–Trinajstić information content (AvgIpc) is 2.38. The highest BCUT2D eigenvalue weighted by molar-refractivity contribution is 5.55. The van der Waals surface area contributed by atoms with Crippen LogP contribution >= 0.6 is 0 Å². The Morgan fingerprint density at radius 1 is 1.35 bits per heavy atom. The molecule has 0 amide bonds. The highest BCUT2D eigenvalue weighted by Crippen LogP contribution is 2.35. The molecule has 1 heterocycles. The fourth-order valence-corrected chi connectivity index (χ4v) is 1.94. The molecule has 90 valence electrons. The van der Waals surface area contributed by atoms with E-state index >= 15 is 0 Å². The SMILES string of the molecule is [C-]#[N+]c1ccc2c(c1)OC(CCCCC)CO2. The van der Waals surface area contributed by atoms with Crippen LogP contribution in [-0.4, -0.2) is 12.7 Å². The molecule has 1 aliphatic rings. The van der Waals surface area contributed by atoms with Crippen LogP contribution in [0.4, 0.5) is 5.69 Å². The van der Waals surface area contributed by atoms with E-state index in [1.807, 2.05) is 6.07 Å². The lowest BCUT2D eigenvalue weighted by molar-refractivity contribution is 0.0830. The van der Waals surface area contributed by atoms with Gasteiger partial charge in [-0.25, -0.2) is 4.85 Å². The molecule has 17 heavy (non-hydrogen) atoms. The number of hydrogen-bond donors (Lipinski definition) is 0. The van der Waals surface area contributed by atoms with Gasteiger partial charge in [0.25, 0.3) is 0 Å². The van der Waals surface area contributed by atoms with Gasteiger partial charge in [0, 0.05) is 0 Å². The number of benzene rings is 1. The van der Waals surface area contributed by atoms with Gasteiger partial charge >= 0.3 is 0 Å². The van der Waals surface area contributed by atoms with Crippen LogP contribution in [0.5, 0.6) is 11.5 Å². The molecule has 0 bridgehead atoms. The lowest BCUT2D eigenvalue weighted by atomic mass is 10.1. The fourth-order valence-electron chi connectivity index (χ4n) is 1.94. The number of hydrogen-bond acceptors (Lipinski definition) is 2. The second-order valence-corrected chi connectivity index (χ2v) is 4.29. The highest BCUT2D eigenvalue weighted by Gasteiger charge is 2.20. The zero-order valence-electron chi connectivity index (χ0n) is 10.1. The normalized spacial score (nSPS) is 17.5. The van der Waals surface area contributed by atoms with Gasteiger partial charge < -0.3 is 9.47 Å². The molecular formula is C14H17NO2. The van der Waals surface area contributed by atoms with Crippen molar-refractivity contribution in [3.8, 4) is 11.5 Å². The fraction of sp³-hybridized carbons (Fsp3) is 0.500. The van der Waals surface area contributed by atoms with Crippen molar-refractivity contribution in [2.24, 2.45) is 0 Å². The first-order valence-corrected chi connectivity index (χ1v) is 6.14. The average molecular weight is 231 g/mol. The third-order valence-electron chi connectivity index (χ3n) is 2.90. The molecule has 1 aliphatic heterocycles. The van der Waals surface area contributed by atoms with E-state index in [2.05, 4.69) is 11.8 Å². The molecule has 0 saturated carbocycles. The van der Waals surface area contributed by atoms with Crippen molar-refractivity contribution in [2.45, 2.75) is 38.7 Å². The predicted octanol–water partition coefficient (Wildman–Crippen LogP) is 3.96. The van der Waals surface area contributed by atoms with E-state index in [0.29, 0.717) is 18.0 Å². The van der Waals surface area contributed by atoms with Crippen LogP contribution in [0.2, 0.25) is 0 Å². The van der Waals surface area contributed by atoms with Crippen LogP contribution in [-0.2, 0) is 0 Å². The first kappa shape index (κ1) is 11.8. The van der Waals surface area contributed by atoms with E-state index in [1.54, 1.807) is 12.1 Å². The number of fused-ring (bicyclic) bond motifs is 1. The highest BCUT2D eigenvalue weighted by atomic mass is 16.6. The van der Waals surface area contributed by atoms with Crippen LogP contribution in [0.25, 0.3) is 4.85 Å². The van der Waals surface area contributed by atoms with Gasteiger partial charge in [0.2, 0.25) is 0 Å². The smallest absolute Gasteiger partial charge is 0.191 e. The minimum atomic E-state index is 0.134. The molecule has 0 aromatic heterocycles. The Bertz CT molecular complexity index is 423.